The van der Waals surface area contributed by atoms with Crippen LogP contribution in [0.15, 0.2) is 28.8 Å². The molecule has 2 atom stereocenters. The fourth-order valence-electron chi connectivity index (χ4n) is 3.88. The second-order valence-electron chi connectivity index (χ2n) is 7.68. The summed E-state index contributed by atoms with van der Waals surface area (Å²) >= 11 is 0. The molecule has 27 heavy (non-hydrogen) atoms. The zero-order chi connectivity index (χ0) is 18.2. The van der Waals surface area contributed by atoms with Crippen molar-refractivity contribution < 1.29 is 18.8 Å². The molecule has 1 saturated heterocycles. The number of aromatic nitrogens is 2. The highest BCUT2D eigenvalue weighted by molar-refractivity contribution is 5.82. The molecule has 1 amide bonds. The van der Waals surface area contributed by atoms with Crippen molar-refractivity contribution in [3.63, 3.8) is 0 Å². The second kappa shape index (κ2) is 6.87. The fraction of sp³-hybridized carbons (Fsp3) is 0.550. The van der Waals surface area contributed by atoms with Crippen LogP contribution in [0.3, 0.4) is 0 Å². The van der Waals surface area contributed by atoms with Crippen molar-refractivity contribution in [1.29, 1.82) is 0 Å². The molecule has 7 nitrogen and oxygen atoms in total. The largest absolute Gasteiger partial charge is 0.485 e. The zero-order valence-electron chi connectivity index (χ0n) is 15.2. The van der Waals surface area contributed by atoms with Gasteiger partial charge in [-0.2, -0.15) is 4.98 Å². The summed E-state index contributed by atoms with van der Waals surface area (Å²) < 4.78 is 17.0. The number of hydrogen-bond donors (Lipinski definition) is 0. The van der Waals surface area contributed by atoms with Crippen molar-refractivity contribution >= 4 is 5.91 Å². The van der Waals surface area contributed by atoms with E-state index in [4.69, 9.17) is 14.0 Å². The van der Waals surface area contributed by atoms with Gasteiger partial charge in [0.1, 0.15) is 6.61 Å². The van der Waals surface area contributed by atoms with Gasteiger partial charge < -0.3 is 18.9 Å². The number of nitrogens with zero attached hydrogens (tertiary/aromatic N) is 3. The summed E-state index contributed by atoms with van der Waals surface area (Å²) in [4.78, 5) is 19.4. The Hall–Kier alpha value is -2.57. The van der Waals surface area contributed by atoms with E-state index >= 15 is 0 Å². The Labute approximate surface area is 157 Å². The Morgan fingerprint density at radius 3 is 2.89 bits per heavy atom. The van der Waals surface area contributed by atoms with E-state index in [0.717, 1.165) is 44.5 Å². The number of piperidine rings is 1. The number of ether oxygens (including phenoxy) is 2. The average molecular weight is 369 g/mol. The maximum Gasteiger partial charge on any atom is 0.267 e. The number of carbonyl (C=O) groups is 1. The first-order valence-electron chi connectivity index (χ1n) is 9.76. The third-order valence-electron chi connectivity index (χ3n) is 5.50. The van der Waals surface area contributed by atoms with Crippen LogP contribution in [0.1, 0.15) is 43.3 Å². The number of fused-ring (bicyclic) bond motifs is 1. The van der Waals surface area contributed by atoms with E-state index in [2.05, 4.69) is 10.1 Å². The van der Waals surface area contributed by atoms with E-state index in [1.165, 1.54) is 0 Å². The highest BCUT2D eigenvalue weighted by atomic mass is 16.6. The molecule has 7 heteroatoms. The van der Waals surface area contributed by atoms with Crippen LogP contribution in [0.4, 0.5) is 0 Å². The molecule has 5 rings (SSSR count). The molecule has 0 radical (unpaired) electrons. The smallest absolute Gasteiger partial charge is 0.267 e. The number of rotatable bonds is 4. The Balaban J connectivity index is 1.20. The lowest BCUT2D eigenvalue weighted by molar-refractivity contribution is -0.143. The molecule has 3 heterocycles. The topological polar surface area (TPSA) is 77.7 Å². The summed E-state index contributed by atoms with van der Waals surface area (Å²) in [6, 6.07) is 7.46. The molecule has 0 spiro atoms. The first-order valence-corrected chi connectivity index (χ1v) is 9.76. The van der Waals surface area contributed by atoms with Crippen molar-refractivity contribution in [2.24, 2.45) is 5.92 Å². The summed E-state index contributed by atoms with van der Waals surface area (Å²) in [5.41, 5.74) is 0. The lowest BCUT2D eigenvalue weighted by atomic mass is 9.94. The van der Waals surface area contributed by atoms with Crippen LogP contribution in [0.5, 0.6) is 11.5 Å². The molecular weight excluding hydrogens is 346 g/mol. The van der Waals surface area contributed by atoms with Gasteiger partial charge in [0.05, 0.1) is 0 Å². The summed E-state index contributed by atoms with van der Waals surface area (Å²) in [6.45, 7) is 1.71. The monoisotopic (exact) mass is 369 g/mol. The molecule has 1 aromatic heterocycles. The van der Waals surface area contributed by atoms with Gasteiger partial charge in [-0.15, -0.1) is 0 Å². The number of likely N-dealkylation sites (tertiary alicyclic amines) is 1. The van der Waals surface area contributed by atoms with Gasteiger partial charge in [-0.05, 0) is 43.7 Å². The first-order chi connectivity index (χ1) is 13.3. The standard InChI is InChI=1S/C20H23N3O4/c24-20(17-12-25-15-5-1-2-6-16(15)26-17)23-9-3-4-13(11-23)10-18-21-19(22-27-18)14-7-8-14/h1-2,5-6,13-14,17H,3-4,7-12H2. The van der Waals surface area contributed by atoms with Gasteiger partial charge in [0.25, 0.3) is 5.91 Å². The van der Waals surface area contributed by atoms with E-state index in [0.29, 0.717) is 35.8 Å². The first kappa shape index (κ1) is 16.6. The van der Waals surface area contributed by atoms with Gasteiger partial charge in [-0.25, -0.2) is 0 Å². The highest BCUT2D eigenvalue weighted by Crippen LogP contribution is 2.38. The van der Waals surface area contributed by atoms with E-state index in [-0.39, 0.29) is 12.5 Å². The Bertz CT molecular complexity index is 832. The van der Waals surface area contributed by atoms with Crippen LogP contribution in [-0.2, 0) is 11.2 Å². The fourth-order valence-corrected chi connectivity index (χ4v) is 3.88. The second-order valence-corrected chi connectivity index (χ2v) is 7.68. The Kier molecular flexibility index (Phi) is 4.22. The van der Waals surface area contributed by atoms with Gasteiger partial charge in [0.2, 0.25) is 12.0 Å². The van der Waals surface area contributed by atoms with Crippen LogP contribution in [0, 0.1) is 5.92 Å². The van der Waals surface area contributed by atoms with Crippen LogP contribution in [-0.4, -0.2) is 46.7 Å². The van der Waals surface area contributed by atoms with Crippen LogP contribution >= 0.6 is 0 Å². The molecule has 1 aliphatic carbocycles. The molecule has 3 aliphatic rings. The summed E-state index contributed by atoms with van der Waals surface area (Å²) in [6.07, 6.45) is 4.52. The molecule has 2 fully saturated rings. The Morgan fingerprint density at radius 2 is 2.04 bits per heavy atom. The maximum atomic E-state index is 12.9. The van der Waals surface area contributed by atoms with Gasteiger partial charge in [-0.3, -0.25) is 4.79 Å². The molecule has 0 N–H and O–H groups in total. The van der Waals surface area contributed by atoms with Crippen molar-refractivity contribution in [3.8, 4) is 11.5 Å². The van der Waals surface area contributed by atoms with Gasteiger partial charge in [0.15, 0.2) is 17.3 Å². The van der Waals surface area contributed by atoms with E-state index in [1.54, 1.807) is 0 Å². The van der Waals surface area contributed by atoms with Crippen molar-refractivity contribution in [3.05, 3.63) is 36.0 Å². The number of benzene rings is 1. The molecule has 142 valence electrons. The number of carbonyl (C=O) groups excluding carboxylic acids is 1. The third-order valence-corrected chi connectivity index (χ3v) is 5.50. The predicted octanol–water partition coefficient (Wildman–Crippen LogP) is 2.57. The van der Waals surface area contributed by atoms with Crippen LogP contribution in [0.2, 0.25) is 0 Å². The third kappa shape index (κ3) is 3.50. The van der Waals surface area contributed by atoms with Gasteiger partial charge in [-0.1, -0.05) is 17.3 Å². The summed E-state index contributed by atoms with van der Waals surface area (Å²) in [5.74, 6) is 3.71. The van der Waals surface area contributed by atoms with Crippen molar-refractivity contribution in [2.75, 3.05) is 19.7 Å². The zero-order valence-corrected chi connectivity index (χ0v) is 15.2. The van der Waals surface area contributed by atoms with Crippen LogP contribution < -0.4 is 9.47 Å². The molecular formula is C20H23N3O4. The van der Waals surface area contributed by atoms with E-state index in [9.17, 15) is 4.79 Å². The predicted molar refractivity (Wildman–Crippen MR) is 95.6 cm³/mol. The minimum Gasteiger partial charge on any atom is -0.485 e. The number of para-hydroxylation sites is 2. The van der Waals surface area contributed by atoms with Crippen molar-refractivity contribution in [1.82, 2.24) is 15.0 Å². The lowest BCUT2D eigenvalue weighted by Crippen LogP contribution is -2.50. The normalized spacial score (nSPS) is 24.7. The molecule has 2 aromatic rings. The molecule has 1 aromatic carbocycles. The van der Waals surface area contributed by atoms with Gasteiger partial charge in [0, 0.05) is 25.4 Å². The quantitative estimate of drug-likeness (QED) is 0.824. The molecule has 2 unspecified atom stereocenters. The maximum absolute atomic E-state index is 12.9. The Morgan fingerprint density at radius 1 is 1.19 bits per heavy atom. The molecule has 2 aliphatic heterocycles. The minimum atomic E-state index is -0.580. The number of hydrogen-bond acceptors (Lipinski definition) is 6. The SMILES string of the molecule is O=C(C1COc2ccccc2O1)N1CCCC(Cc2nc(C3CC3)no2)C1. The van der Waals surface area contributed by atoms with Crippen molar-refractivity contribution in [2.45, 2.75) is 44.1 Å². The summed E-state index contributed by atoms with van der Waals surface area (Å²) in [7, 11) is 0. The molecule has 0 bridgehead atoms. The average Bonchev–Trinajstić information content (AvgIpc) is 3.47. The lowest BCUT2D eigenvalue weighted by Gasteiger charge is -2.35. The highest BCUT2D eigenvalue weighted by Gasteiger charge is 2.34. The summed E-state index contributed by atoms with van der Waals surface area (Å²) in [5, 5.41) is 4.09. The number of amides is 1. The molecule has 1 saturated carbocycles. The minimum absolute atomic E-state index is 0.00148. The van der Waals surface area contributed by atoms with E-state index in [1.807, 2.05) is 29.2 Å². The van der Waals surface area contributed by atoms with E-state index < -0.39 is 6.10 Å². The van der Waals surface area contributed by atoms with Crippen LogP contribution in [0.25, 0.3) is 0 Å². The van der Waals surface area contributed by atoms with Gasteiger partial charge >= 0.3 is 0 Å².